The van der Waals surface area contributed by atoms with E-state index in [0.717, 1.165) is 102 Å². The molecule has 0 saturated carbocycles. The molecule has 0 radical (unpaired) electrons. The number of hydrogen-bond donors (Lipinski definition) is 3. The first-order valence-electron chi connectivity index (χ1n) is 39.5. The van der Waals surface area contributed by atoms with E-state index in [2.05, 4.69) is 41.5 Å². The zero-order valence-corrected chi connectivity index (χ0v) is 63.8. The zero-order chi connectivity index (χ0) is 70.0. The molecule has 2 unspecified atom stereocenters. The maximum atomic E-state index is 13.1. The Kier molecular flexibility index (Phi) is 66.5. The summed E-state index contributed by atoms with van der Waals surface area (Å²) in [4.78, 5) is 72.8. The van der Waals surface area contributed by atoms with Crippen molar-refractivity contribution in [3.05, 3.63) is 0 Å². The van der Waals surface area contributed by atoms with Crippen LogP contribution in [0.15, 0.2) is 0 Å². The number of phosphoric acid groups is 2. The monoisotopic (exact) mass is 1400 g/mol. The first kappa shape index (κ1) is 93.1. The number of carbonyl (C=O) groups is 4. The lowest BCUT2D eigenvalue weighted by Gasteiger charge is -2.21. The van der Waals surface area contributed by atoms with Gasteiger partial charge in [-0.3, -0.25) is 37.3 Å². The first-order chi connectivity index (χ1) is 45.9. The summed E-state index contributed by atoms with van der Waals surface area (Å²) in [6.07, 6.45) is 55.5. The quantitative estimate of drug-likeness (QED) is 0.0222. The minimum Gasteiger partial charge on any atom is -0.462 e. The van der Waals surface area contributed by atoms with Gasteiger partial charge in [0.2, 0.25) is 0 Å². The summed E-state index contributed by atoms with van der Waals surface area (Å²) in [6.45, 7) is 9.56. The van der Waals surface area contributed by atoms with Gasteiger partial charge in [-0.2, -0.15) is 0 Å². The highest BCUT2D eigenvalue weighted by Crippen LogP contribution is 2.45. The van der Waals surface area contributed by atoms with E-state index < -0.39 is 97.5 Å². The van der Waals surface area contributed by atoms with E-state index in [1.165, 1.54) is 212 Å². The van der Waals surface area contributed by atoms with Crippen LogP contribution in [0.2, 0.25) is 0 Å². The lowest BCUT2D eigenvalue weighted by atomic mass is 10.0. The smallest absolute Gasteiger partial charge is 0.462 e. The molecule has 5 atom stereocenters. The van der Waals surface area contributed by atoms with E-state index in [-0.39, 0.29) is 25.7 Å². The van der Waals surface area contributed by atoms with Gasteiger partial charge in [0.25, 0.3) is 0 Å². The molecule has 0 aliphatic heterocycles. The summed E-state index contributed by atoms with van der Waals surface area (Å²) in [5.41, 5.74) is 0. The van der Waals surface area contributed by atoms with Crippen LogP contribution in [0.1, 0.15) is 395 Å². The lowest BCUT2D eigenvalue weighted by Crippen LogP contribution is -2.30. The van der Waals surface area contributed by atoms with Crippen LogP contribution in [0.3, 0.4) is 0 Å². The van der Waals surface area contributed by atoms with Crippen molar-refractivity contribution in [2.75, 3.05) is 39.6 Å². The van der Waals surface area contributed by atoms with Gasteiger partial charge in [0.15, 0.2) is 12.2 Å². The van der Waals surface area contributed by atoms with Gasteiger partial charge in [0, 0.05) is 25.7 Å². The van der Waals surface area contributed by atoms with E-state index in [0.29, 0.717) is 25.7 Å². The van der Waals surface area contributed by atoms with Crippen LogP contribution >= 0.6 is 15.6 Å². The fourth-order valence-corrected chi connectivity index (χ4v) is 13.2. The number of rotatable bonds is 75. The van der Waals surface area contributed by atoms with Crippen molar-refractivity contribution < 1.29 is 80.2 Å². The molecule has 3 N–H and O–H groups in total. The van der Waals surface area contributed by atoms with E-state index in [9.17, 15) is 43.2 Å². The third kappa shape index (κ3) is 70.3. The number of aliphatic hydroxyl groups excluding tert-OH is 1. The van der Waals surface area contributed by atoms with Gasteiger partial charge in [-0.25, -0.2) is 9.13 Å². The second kappa shape index (κ2) is 67.9. The van der Waals surface area contributed by atoms with Crippen molar-refractivity contribution in [1.82, 2.24) is 0 Å². The molecule has 0 aliphatic carbocycles. The van der Waals surface area contributed by atoms with Crippen LogP contribution in [0.25, 0.3) is 0 Å². The Labute approximate surface area is 581 Å². The number of unbranched alkanes of at least 4 members (excludes halogenated alkanes) is 45. The number of esters is 4. The second-order valence-electron chi connectivity index (χ2n) is 28.3. The molecular formula is C76H148O17P2. The van der Waals surface area contributed by atoms with Crippen molar-refractivity contribution in [3.63, 3.8) is 0 Å². The van der Waals surface area contributed by atoms with E-state index in [1.807, 2.05) is 0 Å². The summed E-state index contributed by atoms with van der Waals surface area (Å²) < 4.78 is 68.5. The van der Waals surface area contributed by atoms with Gasteiger partial charge >= 0.3 is 39.5 Å². The highest BCUT2D eigenvalue weighted by atomic mass is 31.2. The maximum absolute atomic E-state index is 13.1. The molecule has 0 aromatic carbocycles. The number of aliphatic hydroxyl groups is 1. The summed E-state index contributed by atoms with van der Waals surface area (Å²) in [6, 6.07) is 0. The Morgan fingerprint density at radius 2 is 0.484 bits per heavy atom. The van der Waals surface area contributed by atoms with Gasteiger partial charge in [-0.05, 0) is 37.5 Å². The topological polar surface area (TPSA) is 237 Å². The Morgan fingerprint density at radius 3 is 0.716 bits per heavy atom. The van der Waals surface area contributed by atoms with Gasteiger partial charge < -0.3 is 33.8 Å². The standard InChI is InChI=1S/C76H148O17P2/c1-7-9-11-13-15-17-19-21-22-23-24-25-26-27-29-35-43-49-55-61-76(81)92-71(64-86-73(78)58-52-46-40-33-31-30-32-38-44-50-56-68(3)4)66-90-94(82,83)88-62-70(77)63-89-95(84,85)91-67-72(65-87-74(79)59-53-47-41-37-36-39-45-51-57-69(5)6)93-75(80)60-54-48-42-34-28-20-18-16-14-12-10-8-2/h68-72,77H,7-67H2,1-6H3,(H,82,83)(H,84,85)/t70-,71-,72-/m1/s1. The minimum absolute atomic E-state index is 0.107. The Bertz CT molecular complexity index is 1840. The van der Waals surface area contributed by atoms with Crippen molar-refractivity contribution in [3.8, 4) is 0 Å². The number of hydrogen-bond acceptors (Lipinski definition) is 15. The van der Waals surface area contributed by atoms with Gasteiger partial charge in [0.05, 0.1) is 26.4 Å². The summed E-state index contributed by atoms with van der Waals surface area (Å²) >= 11 is 0. The Hall–Kier alpha value is -1.94. The lowest BCUT2D eigenvalue weighted by molar-refractivity contribution is -0.161. The van der Waals surface area contributed by atoms with Crippen molar-refractivity contribution >= 4 is 39.5 Å². The van der Waals surface area contributed by atoms with Crippen molar-refractivity contribution in [2.24, 2.45) is 11.8 Å². The van der Waals surface area contributed by atoms with Crippen LogP contribution in [-0.2, 0) is 65.4 Å². The average Bonchev–Trinajstić information content (AvgIpc) is 1.59. The van der Waals surface area contributed by atoms with E-state index in [4.69, 9.17) is 37.0 Å². The fourth-order valence-electron chi connectivity index (χ4n) is 11.7. The molecule has 0 aromatic heterocycles. The highest BCUT2D eigenvalue weighted by molar-refractivity contribution is 7.47. The molecule has 17 nitrogen and oxygen atoms in total. The molecule has 0 aromatic rings. The molecule has 0 aliphatic rings. The number of phosphoric ester groups is 2. The normalized spacial score (nSPS) is 14.0. The van der Waals surface area contributed by atoms with Crippen LogP contribution < -0.4 is 0 Å². The molecule has 0 bridgehead atoms. The van der Waals surface area contributed by atoms with Crippen LogP contribution in [0.4, 0.5) is 0 Å². The Morgan fingerprint density at radius 1 is 0.284 bits per heavy atom. The molecule has 0 spiro atoms. The van der Waals surface area contributed by atoms with Gasteiger partial charge in [0.1, 0.15) is 19.3 Å². The predicted octanol–water partition coefficient (Wildman–Crippen LogP) is 22.3. The highest BCUT2D eigenvalue weighted by Gasteiger charge is 2.30. The fraction of sp³-hybridized carbons (Fsp3) is 0.947. The van der Waals surface area contributed by atoms with Gasteiger partial charge in [-0.1, -0.05) is 343 Å². The summed E-state index contributed by atoms with van der Waals surface area (Å²) in [5, 5.41) is 10.6. The third-order valence-electron chi connectivity index (χ3n) is 17.7. The number of carbonyl (C=O) groups excluding carboxylic acids is 4. The maximum Gasteiger partial charge on any atom is 0.472 e. The van der Waals surface area contributed by atoms with Crippen molar-refractivity contribution in [1.29, 1.82) is 0 Å². The minimum atomic E-state index is -4.96. The summed E-state index contributed by atoms with van der Waals surface area (Å²) in [5.74, 6) is -0.630. The molecule has 564 valence electrons. The molecule has 95 heavy (non-hydrogen) atoms. The van der Waals surface area contributed by atoms with Crippen LogP contribution in [0.5, 0.6) is 0 Å². The molecule has 0 rings (SSSR count). The molecule has 0 amide bonds. The molecule has 19 heteroatoms. The third-order valence-corrected chi connectivity index (χ3v) is 19.6. The SMILES string of the molecule is CCCCCCCCCCCCCCCCCCCCCC(=O)O[C@H](COC(=O)CCCCCCCCCCCCC(C)C)COP(=O)(O)OC[C@@H](O)COP(=O)(O)OC[C@@H](COC(=O)CCCCCCCCCCC(C)C)OC(=O)CCCCCCCCCCCCCC. The molecule has 0 heterocycles. The molecule has 0 saturated heterocycles. The molecule has 0 fully saturated rings. The van der Waals surface area contributed by atoms with E-state index in [1.54, 1.807) is 0 Å². The number of ether oxygens (including phenoxy) is 4. The Balaban J connectivity index is 5.23. The van der Waals surface area contributed by atoms with Crippen LogP contribution in [-0.4, -0.2) is 96.7 Å². The predicted molar refractivity (Wildman–Crippen MR) is 386 cm³/mol. The second-order valence-corrected chi connectivity index (χ2v) is 31.3. The van der Waals surface area contributed by atoms with E-state index >= 15 is 0 Å². The van der Waals surface area contributed by atoms with Crippen molar-refractivity contribution in [2.45, 2.75) is 413 Å². The zero-order valence-electron chi connectivity index (χ0n) is 62.0. The summed E-state index contributed by atoms with van der Waals surface area (Å²) in [7, 11) is -9.91. The average molecular weight is 1400 g/mol. The first-order valence-corrected chi connectivity index (χ1v) is 42.5. The largest absolute Gasteiger partial charge is 0.472 e. The molecular weight excluding hydrogens is 1250 g/mol. The van der Waals surface area contributed by atoms with Crippen LogP contribution in [0, 0.1) is 11.8 Å². The van der Waals surface area contributed by atoms with Gasteiger partial charge in [-0.15, -0.1) is 0 Å².